The van der Waals surface area contributed by atoms with E-state index < -0.39 is 0 Å². The van der Waals surface area contributed by atoms with Crippen LogP contribution in [0.4, 0.5) is 0 Å². The van der Waals surface area contributed by atoms with Crippen LogP contribution in [0.1, 0.15) is 59.8 Å². The maximum Gasteiger partial charge on any atom is 0.0103 e. The quantitative estimate of drug-likeness (QED) is 0.843. The van der Waals surface area contributed by atoms with Gasteiger partial charge in [-0.2, -0.15) is 0 Å². The van der Waals surface area contributed by atoms with Crippen LogP contribution >= 0.6 is 0 Å². The van der Waals surface area contributed by atoms with E-state index in [0.29, 0.717) is 6.04 Å². The van der Waals surface area contributed by atoms with Gasteiger partial charge in [-0.15, -0.1) is 0 Å². The molecule has 1 aliphatic heterocycles. The molecule has 0 radical (unpaired) electrons. The van der Waals surface area contributed by atoms with Crippen LogP contribution in [0.25, 0.3) is 0 Å². The highest BCUT2D eigenvalue weighted by molar-refractivity contribution is 4.89. The summed E-state index contributed by atoms with van der Waals surface area (Å²) in [6, 6.07) is 1.43. The monoisotopic (exact) mass is 280 g/mol. The van der Waals surface area contributed by atoms with Gasteiger partial charge in [-0.25, -0.2) is 0 Å². The molecule has 2 nitrogen and oxygen atoms in total. The molecule has 5 unspecified atom stereocenters. The predicted molar refractivity (Wildman–Crippen MR) is 87.9 cm³/mol. The van der Waals surface area contributed by atoms with Gasteiger partial charge in [-0.1, -0.05) is 27.2 Å². The zero-order valence-electron chi connectivity index (χ0n) is 14.4. The average molecular weight is 280 g/mol. The Labute approximate surface area is 126 Å². The third-order valence-electron chi connectivity index (χ3n) is 5.87. The molecule has 1 heterocycles. The maximum atomic E-state index is 4.04. The number of likely N-dealkylation sites (tertiary alicyclic amines) is 1. The van der Waals surface area contributed by atoms with Gasteiger partial charge < -0.3 is 10.2 Å². The second kappa shape index (κ2) is 7.26. The number of nitrogens with zero attached hydrogens (tertiary/aromatic N) is 1. The molecule has 0 aromatic rings. The Hall–Kier alpha value is -0.0800. The molecule has 2 aliphatic rings. The second-order valence-electron chi connectivity index (χ2n) is 8.05. The fraction of sp³-hybridized carbons (Fsp3) is 1.00. The van der Waals surface area contributed by atoms with Crippen molar-refractivity contribution in [2.45, 2.75) is 71.9 Å². The van der Waals surface area contributed by atoms with Crippen molar-refractivity contribution >= 4 is 0 Å². The minimum Gasteiger partial charge on any atom is -0.311 e. The Morgan fingerprint density at radius 3 is 2.50 bits per heavy atom. The highest BCUT2D eigenvalue weighted by Crippen LogP contribution is 2.34. The van der Waals surface area contributed by atoms with Gasteiger partial charge in [0, 0.05) is 18.6 Å². The molecule has 5 atom stereocenters. The molecule has 0 amide bonds. The van der Waals surface area contributed by atoms with E-state index in [0.717, 1.165) is 29.7 Å². The largest absolute Gasteiger partial charge is 0.311 e. The lowest BCUT2D eigenvalue weighted by Gasteiger charge is -2.42. The summed E-state index contributed by atoms with van der Waals surface area (Å²) in [4.78, 5) is 2.51. The van der Waals surface area contributed by atoms with Crippen LogP contribution in [-0.2, 0) is 0 Å². The number of piperidine rings is 1. The number of rotatable bonds is 4. The van der Waals surface area contributed by atoms with Gasteiger partial charge in [0.25, 0.3) is 0 Å². The van der Waals surface area contributed by atoms with Crippen LogP contribution in [0.5, 0.6) is 0 Å². The third-order valence-corrected chi connectivity index (χ3v) is 5.87. The van der Waals surface area contributed by atoms with Gasteiger partial charge in [-0.05, 0) is 69.9 Å². The predicted octanol–water partition coefficient (Wildman–Crippen LogP) is 3.77. The summed E-state index contributed by atoms with van der Waals surface area (Å²) in [6.45, 7) is 12.3. The van der Waals surface area contributed by atoms with Crippen molar-refractivity contribution in [2.75, 3.05) is 20.1 Å². The van der Waals surface area contributed by atoms with Crippen LogP contribution in [0, 0.1) is 23.7 Å². The molecule has 0 aromatic carbocycles. The summed E-state index contributed by atoms with van der Waals surface area (Å²) in [6.07, 6.45) is 7.03. The van der Waals surface area contributed by atoms with Crippen molar-refractivity contribution in [2.24, 2.45) is 23.7 Å². The molecule has 0 spiro atoms. The molecular weight excluding hydrogens is 244 g/mol. The first-order chi connectivity index (χ1) is 9.47. The van der Waals surface area contributed by atoms with Crippen LogP contribution in [0.15, 0.2) is 0 Å². The lowest BCUT2D eigenvalue weighted by molar-refractivity contribution is 0.126. The zero-order chi connectivity index (χ0) is 14.7. The molecule has 20 heavy (non-hydrogen) atoms. The van der Waals surface area contributed by atoms with E-state index >= 15 is 0 Å². The van der Waals surface area contributed by atoms with E-state index in [2.05, 4.69) is 45.0 Å². The minimum absolute atomic E-state index is 0.675. The Morgan fingerprint density at radius 1 is 1.10 bits per heavy atom. The molecule has 118 valence electrons. The second-order valence-corrected chi connectivity index (χ2v) is 8.05. The lowest BCUT2D eigenvalue weighted by atomic mass is 9.73. The van der Waals surface area contributed by atoms with Crippen molar-refractivity contribution in [3.05, 3.63) is 0 Å². The van der Waals surface area contributed by atoms with Crippen molar-refractivity contribution in [3.63, 3.8) is 0 Å². The molecule has 0 aromatic heterocycles. The standard InChI is InChI=1S/C18H36N2/c1-13(2)17-9-8-14(3)11-18(17)19-15(4)16-7-6-10-20(5)12-16/h13-19H,6-12H2,1-5H3. The zero-order valence-corrected chi connectivity index (χ0v) is 14.4. The summed E-state index contributed by atoms with van der Waals surface area (Å²) >= 11 is 0. The highest BCUT2D eigenvalue weighted by Gasteiger charge is 2.33. The van der Waals surface area contributed by atoms with E-state index in [-0.39, 0.29) is 0 Å². The highest BCUT2D eigenvalue weighted by atomic mass is 15.1. The van der Waals surface area contributed by atoms with Gasteiger partial charge >= 0.3 is 0 Å². The molecule has 2 rings (SSSR count). The Bertz CT molecular complexity index is 289. The fourth-order valence-electron chi connectivity index (χ4n) is 4.48. The van der Waals surface area contributed by atoms with Gasteiger partial charge in [-0.3, -0.25) is 0 Å². The molecular formula is C18H36N2. The van der Waals surface area contributed by atoms with Gasteiger partial charge in [0.2, 0.25) is 0 Å². The fourth-order valence-corrected chi connectivity index (χ4v) is 4.48. The van der Waals surface area contributed by atoms with E-state index in [1.165, 1.54) is 45.2 Å². The maximum absolute atomic E-state index is 4.04. The summed E-state index contributed by atoms with van der Waals surface area (Å²) in [5.41, 5.74) is 0. The van der Waals surface area contributed by atoms with Gasteiger partial charge in [0.1, 0.15) is 0 Å². The molecule has 2 fully saturated rings. The molecule has 1 aliphatic carbocycles. The number of nitrogens with one attached hydrogen (secondary N) is 1. The van der Waals surface area contributed by atoms with Crippen LogP contribution < -0.4 is 5.32 Å². The molecule has 2 heteroatoms. The number of hydrogen-bond donors (Lipinski definition) is 1. The van der Waals surface area contributed by atoms with E-state index in [1.54, 1.807) is 0 Å². The van der Waals surface area contributed by atoms with Crippen molar-refractivity contribution in [3.8, 4) is 0 Å². The Balaban J connectivity index is 1.91. The summed E-state index contributed by atoms with van der Waals surface area (Å²) < 4.78 is 0. The van der Waals surface area contributed by atoms with Gasteiger partial charge in [0.15, 0.2) is 0 Å². The molecule has 0 bridgehead atoms. The first kappa shape index (κ1) is 16.3. The molecule has 1 saturated heterocycles. The van der Waals surface area contributed by atoms with Crippen molar-refractivity contribution in [1.82, 2.24) is 10.2 Å². The van der Waals surface area contributed by atoms with Crippen LogP contribution in [0.3, 0.4) is 0 Å². The summed E-state index contributed by atoms with van der Waals surface area (Å²) in [5.74, 6) is 3.46. The van der Waals surface area contributed by atoms with Crippen molar-refractivity contribution < 1.29 is 0 Å². The SMILES string of the molecule is CC1CCC(C(C)C)C(NC(C)C2CCCN(C)C2)C1. The Kier molecular flexibility index (Phi) is 5.92. The van der Waals surface area contributed by atoms with Gasteiger partial charge in [0.05, 0.1) is 0 Å². The number of hydrogen-bond acceptors (Lipinski definition) is 2. The van der Waals surface area contributed by atoms with E-state index in [9.17, 15) is 0 Å². The topological polar surface area (TPSA) is 15.3 Å². The van der Waals surface area contributed by atoms with E-state index in [4.69, 9.17) is 0 Å². The van der Waals surface area contributed by atoms with E-state index in [1.807, 2.05) is 0 Å². The first-order valence-corrected chi connectivity index (χ1v) is 8.92. The normalized spacial score (nSPS) is 38.1. The van der Waals surface area contributed by atoms with Crippen LogP contribution in [0.2, 0.25) is 0 Å². The van der Waals surface area contributed by atoms with Crippen LogP contribution in [-0.4, -0.2) is 37.1 Å². The summed E-state index contributed by atoms with van der Waals surface area (Å²) in [7, 11) is 2.28. The molecule has 1 saturated carbocycles. The Morgan fingerprint density at radius 2 is 1.85 bits per heavy atom. The molecule has 1 N–H and O–H groups in total. The first-order valence-electron chi connectivity index (χ1n) is 8.92. The third kappa shape index (κ3) is 4.21. The average Bonchev–Trinajstić information content (AvgIpc) is 2.38. The summed E-state index contributed by atoms with van der Waals surface area (Å²) in [5, 5.41) is 4.04. The van der Waals surface area contributed by atoms with Crippen molar-refractivity contribution in [1.29, 1.82) is 0 Å². The smallest absolute Gasteiger partial charge is 0.0103 e. The minimum atomic E-state index is 0.675. The lowest BCUT2D eigenvalue weighted by Crippen LogP contribution is -2.51.